The third-order valence-electron chi connectivity index (χ3n) is 6.70. The van der Waals surface area contributed by atoms with Crippen LogP contribution in [0.5, 0.6) is 0 Å². The zero-order valence-electron chi connectivity index (χ0n) is 18.9. The van der Waals surface area contributed by atoms with Crippen molar-refractivity contribution in [1.82, 2.24) is 0 Å². The Labute approximate surface area is 200 Å². The second-order valence-electron chi connectivity index (χ2n) is 8.45. The van der Waals surface area contributed by atoms with Gasteiger partial charge in [0, 0.05) is 11.8 Å². The van der Waals surface area contributed by atoms with Crippen LogP contribution in [0.25, 0.3) is 0 Å². The average Bonchev–Trinajstić information content (AvgIpc) is 2.88. The minimum atomic E-state index is -1.33. The molecule has 4 aromatic carbocycles. The molecule has 0 aliphatic heterocycles. The summed E-state index contributed by atoms with van der Waals surface area (Å²) in [6.45, 7) is 0. The van der Waals surface area contributed by atoms with Gasteiger partial charge in [0.25, 0.3) is 0 Å². The van der Waals surface area contributed by atoms with Crippen LogP contribution in [0.1, 0.15) is 35.1 Å². The summed E-state index contributed by atoms with van der Waals surface area (Å²) in [7, 11) is 0. The molecule has 0 heterocycles. The topological polar surface area (TPSA) is 86.2 Å². The van der Waals surface area contributed by atoms with Crippen LogP contribution in [0.2, 0.25) is 0 Å². The van der Waals surface area contributed by atoms with Crippen LogP contribution >= 0.6 is 0 Å². The van der Waals surface area contributed by atoms with Crippen LogP contribution in [0.3, 0.4) is 0 Å². The highest BCUT2D eigenvalue weighted by Gasteiger charge is 2.59. The van der Waals surface area contributed by atoms with E-state index in [2.05, 4.69) is 0 Å². The molecule has 0 aliphatic rings. The maximum atomic E-state index is 14.0. The normalized spacial score (nSPS) is 11.6. The fourth-order valence-electron chi connectivity index (χ4n) is 5.36. The Kier molecular flexibility index (Phi) is 6.60. The van der Waals surface area contributed by atoms with Crippen molar-refractivity contribution >= 4 is 11.8 Å². The summed E-state index contributed by atoms with van der Waals surface area (Å²) in [6, 6.07) is 38.8. The van der Waals surface area contributed by atoms with E-state index < -0.39 is 22.6 Å². The maximum Gasteiger partial charge on any atom is 0.233 e. The fraction of sp³-hybridized carbons (Fsp3) is 0.133. The lowest BCUT2D eigenvalue weighted by Crippen LogP contribution is -2.58. The summed E-state index contributed by atoms with van der Waals surface area (Å²) in [5.41, 5.74) is 13.1. The van der Waals surface area contributed by atoms with E-state index in [9.17, 15) is 9.59 Å². The van der Waals surface area contributed by atoms with Gasteiger partial charge in [0.2, 0.25) is 11.8 Å². The molecule has 0 bridgehead atoms. The summed E-state index contributed by atoms with van der Waals surface area (Å²) in [6.07, 6.45) is 0.377. The van der Waals surface area contributed by atoms with Gasteiger partial charge in [0.05, 0.1) is 0 Å². The maximum absolute atomic E-state index is 14.0. The molecule has 0 saturated heterocycles. The fourth-order valence-corrected chi connectivity index (χ4v) is 5.36. The van der Waals surface area contributed by atoms with Crippen LogP contribution in [-0.4, -0.2) is 11.8 Å². The molecule has 0 spiro atoms. The lowest BCUT2D eigenvalue weighted by atomic mass is 9.49. The van der Waals surface area contributed by atoms with E-state index in [4.69, 9.17) is 11.5 Å². The SMILES string of the molecule is NC(=O)CCC(c1ccccc1)(c1ccccc1)C(C(N)=O)(c1ccccc1)c1ccccc1. The number of carbonyl (C=O) groups is 2. The van der Waals surface area contributed by atoms with E-state index in [0.717, 1.165) is 22.3 Å². The lowest BCUT2D eigenvalue weighted by Gasteiger charge is -2.50. The Bertz CT molecular complexity index is 1160. The molecule has 0 unspecified atom stereocenters. The molecule has 4 heteroatoms. The summed E-state index contributed by atoms with van der Waals surface area (Å²) in [5, 5.41) is 0. The van der Waals surface area contributed by atoms with Gasteiger partial charge in [-0.15, -0.1) is 0 Å². The number of hydrogen-bond acceptors (Lipinski definition) is 2. The van der Waals surface area contributed by atoms with Gasteiger partial charge in [-0.05, 0) is 28.7 Å². The van der Waals surface area contributed by atoms with Crippen LogP contribution in [0.4, 0.5) is 0 Å². The first kappa shape index (κ1) is 23.0. The first-order valence-electron chi connectivity index (χ1n) is 11.3. The highest BCUT2D eigenvalue weighted by Crippen LogP contribution is 2.55. The second-order valence-corrected chi connectivity index (χ2v) is 8.45. The number of carbonyl (C=O) groups excluding carboxylic acids is 2. The van der Waals surface area contributed by atoms with Gasteiger partial charge in [-0.2, -0.15) is 0 Å². The predicted molar refractivity (Wildman–Crippen MR) is 135 cm³/mol. The Morgan fingerprint density at radius 1 is 0.529 bits per heavy atom. The number of primary amides is 2. The number of amides is 2. The third-order valence-corrected chi connectivity index (χ3v) is 6.70. The van der Waals surface area contributed by atoms with E-state index >= 15 is 0 Å². The van der Waals surface area contributed by atoms with Crippen molar-refractivity contribution in [3.8, 4) is 0 Å². The molecule has 0 aliphatic carbocycles. The molecule has 0 aromatic heterocycles. The second kappa shape index (κ2) is 9.75. The number of hydrogen-bond donors (Lipinski definition) is 2. The molecular formula is C30H28N2O2. The Morgan fingerprint density at radius 3 is 1.15 bits per heavy atom. The molecule has 2 amide bonds. The van der Waals surface area contributed by atoms with Gasteiger partial charge in [-0.25, -0.2) is 0 Å². The minimum Gasteiger partial charge on any atom is -0.370 e. The van der Waals surface area contributed by atoms with Crippen molar-refractivity contribution < 1.29 is 9.59 Å². The van der Waals surface area contributed by atoms with Gasteiger partial charge < -0.3 is 11.5 Å². The van der Waals surface area contributed by atoms with Gasteiger partial charge in [-0.1, -0.05) is 121 Å². The van der Waals surface area contributed by atoms with Crippen molar-refractivity contribution in [2.24, 2.45) is 11.5 Å². The summed E-state index contributed by atoms with van der Waals surface area (Å²) >= 11 is 0. The largest absolute Gasteiger partial charge is 0.370 e. The highest BCUT2D eigenvalue weighted by atomic mass is 16.1. The molecule has 4 rings (SSSR count). The van der Waals surface area contributed by atoms with Crippen molar-refractivity contribution in [3.63, 3.8) is 0 Å². The third kappa shape index (κ3) is 3.77. The molecule has 170 valence electrons. The van der Waals surface area contributed by atoms with E-state index in [0.29, 0.717) is 6.42 Å². The van der Waals surface area contributed by atoms with Gasteiger partial charge in [-0.3, -0.25) is 9.59 Å². The average molecular weight is 449 g/mol. The number of nitrogens with two attached hydrogens (primary N) is 2. The molecule has 0 saturated carbocycles. The Balaban J connectivity index is 2.24. The lowest BCUT2D eigenvalue weighted by molar-refractivity contribution is -0.125. The summed E-state index contributed by atoms with van der Waals surface area (Å²) in [4.78, 5) is 26.2. The standard InChI is InChI=1S/C30H28N2O2/c31-27(33)21-22-29(23-13-5-1-6-14-23,24-15-7-2-8-16-24)30(28(32)34,25-17-9-3-10-18-25)26-19-11-4-12-20-26/h1-20H,21-22H2,(H2,31,33)(H2,32,34). The number of rotatable bonds is 9. The molecule has 4 N–H and O–H groups in total. The van der Waals surface area contributed by atoms with Crippen LogP contribution < -0.4 is 11.5 Å². The first-order chi connectivity index (χ1) is 16.5. The van der Waals surface area contributed by atoms with Crippen molar-refractivity contribution in [2.75, 3.05) is 0 Å². The molecule has 4 aromatic rings. The van der Waals surface area contributed by atoms with Crippen LogP contribution in [0.15, 0.2) is 121 Å². The van der Waals surface area contributed by atoms with Gasteiger partial charge >= 0.3 is 0 Å². The zero-order valence-corrected chi connectivity index (χ0v) is 18.9. The van der Waals surface area contributed by atoms with Crippen molar-refractivity contribution in [1.29, 1.82) is 0 Å². The molecule has 0 radical (unpaired) electrons. The van der Waals surface area contributed by atoms with E-state index in [1.807, 2.05) is 121 Å². The van der Waals surface area contributed by atoms with Crippen molar-refractivity contribution in [2.45, 2.75) is 23.7 Å². The molecular weight excluding hydrogens is 420 g/mol. The quantitative estimate of drug-likeness (QED) is 0.389. The van der Waals surface area contributed by atoms with Crippen molar-refractivity contribution in [3.05, 3.63) is 144 Å². The first-order valence-corrected chi connectivity index (χ1v) is 11.3. The molecule has 0 fully saturated rings. The monoisotopic (exact) mass is 448 g/mol. The summed E-state index contributed by atoms with van der Waals surface area (Å²) in [5.74, 6) is -0.933. The smallest absolute Gasteiger partial charge is 0.233 e. The molecule has 4 nitrogen and oxygen atoms in total. The Morgan fingerprint density at radius 2 is 0.853 bits per heavy atom. The predicted octanol–water partition coefficient (Wildman–Crippen LogP) is 4.71. The van der Waals surface area contributed by atoms with E-state index in [-0.39, 0.29) is 6.42 Å². The minimum absolute atomic E-state index is 0.0818. The van der Waals surface area contributed by atoms with Crippen LogP contribution in [-0.2, 0) is 20.4 Å². The van der Waals surface area contributed by atoms with E-state index in [1.54, 1.807) is 0 Å². The van der Waals surface area contributed by atoms with Gasteiger partial charge in [0.1, 0.15) is 5.41 Å². The summed E-state index contributed by atoms with van der Waals surface area (Å²) < 4.78 is 0. The molecule has 34 heavy (non-hydrogen) atoms. The zero-order chi connectivity index (χ0) is 24.0. The number of benzene rings is 4. The highest BCUT2D eigenvalue weighted by molar-refractivity contribution is 5.94. The molecule has 0 atom stereocenters. The van der Waals surface area contributed by atoms with Gasteiger partial charge in [0.15, 0.2) is 0 Å². The van der Waals surface area contributed by atoms with Crippen LogP contribution in [0, 0.1) is 0 Å². The Hall–Kier alpha value is -4.18. The van der Waals surface area contributed by atoms with E-state index in [1.165, 1.54) is 0 Å².